The molecule has 0 bridgehead atoms. The lowest BCUT2D eigenvalue weighted by Gasteiger charge is -2.19. The molecule has 35 heavy (non-hydrogen) atoms. The smallest absolute Gasteiger partial charge is 0.251 e. The van der Waals surface area contributed by atoms with Gasteiger partial charge >= 0.3 is 0 Å². The summed E-state index contributed by atoms with van der Waals surface area (Å²) < 4.78 is 0. The maximum Gasteiger partial charge on any atom is 0.251 e. The van der Waals surface area contributed by atoms with E-state index in [1.807, 2.05) is 0 Å². The van der Waals surface area contributed by atoms with Crippen LogP contribution >= 0.6 is 0 Å². The molecule has 0 rings (SSSR count). The number of nitrogens with zero attached hydrogens (tertiary/aromatic N) is 1. The Morgan fingerprint density at radius 2 is 1.40 bits per heavy atom. The molecule has 0 radical (unpaired) electrons. The lowest BCUT2D eigenvalue weighted by molar-refractivity contribution is -0.525. The van der Waals surface area contributed by atoms with Crippen LogP contribution in [-0.2, 0) is 9.59 Å². The molecule has 0 spiro atoms. The summed E-state index contributed by atoms with van der Waals surface area (Å²) in [6.45, 7) is 7.23. The van der Waals surface area contributed by atoms with E-state index in [2.05, 4.69) is 36.7 Å². The first kappa shape index (κ1) is 32.6. The van der Waals surface area contributed by atoms with Crippen LogP contribution in [0.1, 0.15) is 117 Å². The number of nitro groups is 1. The molecular formula is C25H50N6O4. The summed E-state index contributed by atoms with van der Waals surface area (Å²) in [4.78, 5) is 35.4. The Morgan fingerprint density at radius 3 is 1.94 bits per heavy atom. The molecule has 5 N–H and O–H groups in total. The molecule has 1 atom stereocenters. The van der Waals surface area contributed by atoms with Crippen LogP contribution in [0, 0.1) is 21.4 Å². The summed E-state index contributed by atoms with van der Waals surface area (Å²) in [5, 5.41) is 25.3. The van der Waals surface area contributed by atoms with Gasteiger partial charge in [0, 0.05) is 19.5 Å². The van der Waals surface area contributed by atoms with E-state index in [9.17, 15) is 19.7 Å². The molecule has 0 aromatic carbocycles. The van der Waals surface area contributed by atoms with Gasteiger partial charge in [-0.1, -0.05) is 90.4 Å². The number of nitrogens with one attached hydrogen (secondary N) is 5. The van der Waals surface area contributed by atoms with Crippen molar-refractivity contribution < 1.29 is 14.6 Å². The van der Waals surface area contributed by atoms with Gasteiger partial charge in [-0.15, -0.1) is 0 Å². The van der Waals surface area contributed by atoms with Crippen molar-refractivity contribution in [3.8, 4) is 0 Å². The Kier molecular flexibility index (Phi) is 20.6. The molecule has 10 nitrogen and oxygen atoms in total. The predicted molar refractivity (Wildman–Crippen MR) is 141 cm³/mol. The minimum absolute atomic E-state index is 0.124. The molecule has 0 fully saturated rings. The quantitative estimate of drug-likeness (QED) is 0.0490. The Morgan fingerprint density at radius 1 is 0.829 bits per heavy atom. The summed E-state index contributed by atoms with van der Waals surface area (Å²) in [6, 6.07) is -0.651. The molecule has 0 aliphatic carbocycles. The van der Waals surface area contributed by atoms with Crippen molar-refractivity contribution in [3.63, 3.8) is 0 Å². The molecule has 2 amide bonds. The summed E-state index contributed by atoms with van der Waals surface area (Å²) in [6.07, 6.45) is 15.5. The second-order valence-electron chi connectivity index (χ2n) is 9.69. The van der Waals surface area contributed by atoms with Gasteiger partial charge < -0.3 is 16.0 Å². The third-order valence-corrected chi connectivity index (χ3v) is 5.85. The number of guanidine groups is 1. The maximum atomic E-state index is 12.6. The van der Waals surface area contributed by atoms with Crippen LogP contribution in [0.3, 0.4) is 0 Å². The zero-order chi connectivity index (χ0) is 26.3. The normalized spacial score (nSPS) is 11.7. The van der Waals surface area contributed by atoms with Crippen molar-refractivity contribution in [2.45, 2.75) is 123 Å². The van der Waals surface area contributed by atoms with Crippen molar-refractivity contribution in [1.29, 1.82) is 5.41 Å². The molecule has 0 aliphatic rings. The van der Waals surface area contributed by atoms with E-state index in [0.717, 1.165) is 25.7 Å². The van der Waals surface area contributed by atoms with Gasteiger partial charge in [-0.2, -0.15) is 0 Å². The first-order valence-corrected chi connectivity index (χ1v) is 13.6. The fourth-order valence-corrected chi connectivity index (χ4v) is 3.74. The molecule has 10 heteroatoms. The molecule has 0 aliphatic heterocycles. The molecule has 204 valence electrons. The monoisotopic (exact) mass is 498 g/mol. The average molecular weight is 499 g/mol. The molecule has 0 aromatic rings. The molecule has 0 saturated heterocycles. The number of amides is 2. The van der Waals surface area contributed by atoms with Crippen molar-refractivity contribution in [2.75, 3.05) is 13.1 Å². The summed E-state index contributed by atoms with van der Waals surface area (Å²) in [5.74, 6) is -0.278. The van der Waals surface area contributed by atoms with Gasteiger partial charge in [0.2, 0.25) is 11.8 Å². The summed E-state index contributed by atoms with van der Waals surface area (Å²) in [5.41, 5.74) is 1.72. The fourth-order valence-electron chi connectivity index (χ4n) is 3.74. The highest BCUT2D eigenvalue weighted by Gasteiger charge is 2.20. The molecule has 0 heterocycles. The highest BCUT2D eigenvalue weighted by Crippen LogP contribution is 2.12. The molecule has 0 saturated carbocycles. The first-order valence-electron chi connectivity index (χ1n) is 13.6. The highest BCUT2D eigenvalue weighted by molar-refractivity contribution is 5.87. The van der Waals surface area contributed by atoms with Crippen LogP contribution < -0.4 is 21.4 Å². The Bertz CT molecular complexity index is 601. The third kappa shape index (κ3) is 21.9. The summed E-state index contributed by atoms with van der Waals surface area (Å²) in [7, 11) is 0. The van der Waals surface area contributed by atoms with E-state index in [1.54, 1.807) is 5.43 Å². The standard InChI is InChI=1S/C25H50N6O4/c1-4-5-6-7-8-9-10-11-12-13-14-17-23(32)29-22(24(33)27-20-18-21(2)3)16-15-19-28-25(26)30-31(34)35/h21-22H,4-20H2,1-3H3,(H,27,33)(H,29,32)(H3,26,28,30)/t22-/m0/s1. The maximum absolute atomic E-state index is 12.6. The zero-order valence-corrected chi connectivity index (χ0v) is 22.3. The molecular weight excluding hydrogens is 448 g/mol. The second kappa shape index (κ2) is 22.1. The minimum Gasteiger partial charge on any atom is -0.354 e. The van der Waals surface area contributed by atoms with Crippen LogP contribution in [0.4, 0.5) is 0 Å². The van der Waals surface area contributed by atoms with Gasteiger partial charge in [-0.25, -0.2) is 10.1 Å². The second-order valence-corrected chi connectivity index (χ2v) is 9.69. The summed E-state index contributed by atoms with van der Waals surface area (Å²) >= 11 is 0. The third-order valence-electron chi connectivity index (χ3n) is 5.85. The number of hydrogen-bond donors (Lipinski definition) is 5. The van der Waals surface area contributed by atoms with E-state index in [4.69, 9.17) is 5.41 Å². The van der Waals surface area contributed by atoms with Crippen LogP contribution in [0.25, 0.3) is 0 Å². The number of unbranched alkanes of at least 4 members (excludes halogenated alkanes) is 10. The topological polar surface area (TPSA) is 149 Å². The Labute approximate surface area is 211 Å². The van der Waals surface area contributed by atoms with E-state index in [0.29, 0.717) is 31.7 Å². The Hall–Kier alpha value is -2.39. The lowest BCUT2D eigenvalue weighted by Crippen LogP contribution is -2.47. The van der Waals surface area contributed by atoms with E-state index < -0.39 is 17.0 Å². The number of carbonyl (C=O) groups excluding carboxylic acids is 2. The van der Waals surface area contributed by atoms with Crippen molar-refractivity contribution in [2.24, 2.45) is 5.92 Å². The number of carbonyl (C=O) groups is 2. The number of rotatable bonds is 22. The van der Waals surface area contributed by atoms with Crippen molar-refractivity contribution in [1.82, 2.24) is 21.4 Å². The number of hydrazine groups is 1. The van der Waals surface area contributed by atoms with E-state index in [1.165, 1.54) is 51.4 Å². The van der Waals surface area contributed by atoms with E-state index in [-0.39, 0.29) is 18.4 Å². The average Bonchev–Trinajstić information content (AvgIpc) is 2.78. The van der Waals surface area contributed by atoms with Crippen LogP contribution in [-0.4, -0.2) is 41.9 Å². The van der Waals surface area contributed by atoms with Gasteiger partial charge in [-0.3, -0.25) is 15.0 Å². The zero-order valence-electron chi connectivity index (χ0n) is 22.3. The van der Waals surface area contributed by atoms with Crippen molar-refractivity contribution in [3.05, 3.63) is 10.1 Å². The van der Waals surface area contributed by atoms with Gasteiger partial charge in [0.1, 0.15) is 6.04 Å². The lowest BCUT2D eigenvalue weighted by atomic mass is 10.0. The predicted octanol–water partition coefficient (Wildman–Crippen LogP) is 4.42. The highest BCUT2D eigenvalue weighted by atomic mass is 16.7. The minimum atomic E-state index is -0.810. The van der Waals surface area contributed by atoms with Gasteiger partial charge in [0.25, 0.3) is 5.96 Å². The van der Waals surface area contributed by atoms with Gasteiger partial charge in [0.05, 0.1) is 0 Å². The molecule has 0 unspecified atom stereocenters. The van der Waals surface area contributed by atoms with Crippen molar-refractivity contribution >= 4 is 17.8 Å². The van der Waals surface area contributed by atoms with Gasteiger partial charge in [-0.05, 0) is 31.6 Å². The SMILES string of the molecule is CCCCCCCCCCCCCC(=O)N[C@@H](CCCNC(=N)N[N+](=O)[O-])C(=O)NCCC(C)C. The largest absolute Gasteiger partial charge is 0.354 e. The van der Waals surface area contributed by atoms with Crippen LogP contribution in [0.2, 0.25) is 0 Å². The van der Waals surface area contributed by atoms with E-state index >= 15 is 0 Å². The first-order chi connectivity index (χ1) is 16.8. The van der Waals surface area contributed by atoms with Crippen LogP contribution in [0.5, 0.6) is 0 Å². The van der Waals surface area contributed by atoms with Crippen LogP contribution in [0.15, 0.2) is 0 Å². The fraction of sp³-hybridized carbons (Fsp3) is 0.880. The Balaban J connectivity index is 4.22. The molecule has 0 aromatic heterocycles. The number of hydrogen-bond acceptors (Lipinski definition) is 5. The van der Waals surface area contributed by atoms with Gasteiger partial charge in [0.15, 0.2) is 5.03 Å².